The standard InChI is InChI=1S/C27H25ClN6O3S2/c1-39(35,36)15-18(29)11-26-34-24(14-38-26)17-5-7-23-21(10-17)27(32-16-31-23)33-19-6-8-25(22(28)12-19)37-13-20-4-2-3-9-30-20/h2-10,12,14,16,18H,11,13,15,29H2,1H3,(H,31,32,33). The van der Waals surface area contributed by atoms with Gasteiger partial charge in [0.2, 0.25) is 0 Å². The second-order valence-electron chi connectivity index (χ2n) is 9.02. The zero-order valence-corrected chi connectivity index (χ0v) is 23.3. The van der Waals surface area contributed by atoms with E-state index in [9.17, 15) is 8.42 Å². The lowest BCUT2D eigenvalue weighted by Gasteiger charge is -2.12. The number of sulfone groups is 1. The number of ether oxygens (including phenoxy) is 1. The zero-order valence-electron chi connectivity index (χ0n) is 20.9. The number of aromatic nitrogens is 4. The van der Waals surface area contributed by atoms with Gasteiger partial charge in [0.15, 0.2) is 0 Å². The largest absolute Gasteiger partial charge is 0.486 e. The summed E-state index contributed by atoms with van der Waals surface area (Å²) in [6, 6.07) is 16.4. The third-order valence-corrected chi connectivity index (χ3v) is 7.93. The fraction of sp³-hybridized carbons (Fsp3) is 0.185. The van der Waals surface area contributed by atoms with E-state index in [2.05, 4.69) is 25.3 Å². The van der Waals surface area contributed by atoms with Crippen LogP contribution in [0.5, 0.6) is 5.75 Å². The van der Waals surface area contributed by atoms with Crippen molar-refractivity contribution in [2.75, 3.05) is 17.3 Å². The van der Waals surface area contributed by atoms with E-state index >= 15 is 0 Å². The number of nitrogens with one attached hydrogen (secondary N) is 1. The van der Waals surface area contributed by atoms with Crippen molar-refractivity contribution in [2.45, 2.75) is 19.1 Å². The van der Waals surface area contributed by atoms with E-state index in [4.69, 9.17) is 22.1 Å². The Balaban J connectivity index is 1.33. The maximum atomic E-state index is 11.5. The number of fused-ring (bicyclic) bond motifs is 1. The Kier molecular flexibility index (Phi) is 8.03. The lowest BCUT2D eigenvalue weighted by molar-refractivity contribution is 0.301. The number of rotatable bonds is 10. The van der Waals surface area contributed by atoms with E-state index < -0.39 is 15.9 Å². The molecule has 9 nitrogen and oxygen atoms in total. The molecule has 5 aromatic rings. The smallest absolute Gasteiger partial charge is 0.148 e. The summed E-state index contributed by atoms with van der Waals surface area (Å²) < 4.78 is 28.9. The molecule has 1 atom stereocenters. The van der Waals surface area contributed by atoms with Gasteiger partial charge < -0.3 is 15.8 Å². The van der Waals surface area contributed by atoms with Gasteiger partial charge in [-0.1, -0.05) is 23.7 Å². The summed E-state index contributed by atoms with van der Waals surface area (Å²) in [5, 5.41) is 7.31. The molecule has 3 aromatic heterocycles. The van der Waals surface area contributed by atoms with Crippen molar-refractivity contribution < 1.29 is 13.2 Å². The van der Waals surface area contributed by atoms with Gasteiger partial charge in [-0.05, 0) is 42.5 Å². The Labute approximate surface area is 235 Å². The molecule has 0 bridgehead atoms. The number of nitrogens with two attached hydrogens (primary N) is 1. The van der Waals surface area contributed by atoms with E-state index in [0.29, 0.717) is 29.6 Å². The minimum absolute atomic E-state index is 0.0778. The van der Waals surface area contributed by atoms with Crippen LogP contribution in [-0.2, 0) is 22.9 Å². The zero-order chi connectivity index (χ0) is 27.4. The van der Waals surface area contributed by atoms with Crippen molar-refractivity contribution in [3.8, 4) is 17.0 Å². The van der Waals surface area contributed by atoms with Crippen LogP contribution in [0.2, 0.25) is 5.02 Å². The third-order valence-electron chi connectivity index (χ3n) is 5.73. The molecule has 2 aromatic carbocycles. The first-order chi connectivity index (χ1) is 18.7. The van der Waals surface area contributed by atoms with Crippen LogP contribution in [0.1, 0.15) is 10.7 Å². The van der Waals surface area contributed by atoms with E-state index in [-0.39, 0.29) is 5.75 Å². The molecule has 5 rings (SSSR count). The summed E-state index contributed by atoms with van der Waals surface area (Å²) in [7, 11) is -3.15. The SMILES string of the molecule is CS(=O)(=O)CC(N)Cc1nc(-c2ccc3ncnc(Nc4ccc(OCc5ccccn5)c(Cl)c4)c3c2)cs1. The molecule has 39 heavy (non-hydrogen) atoms. The number of benzene rings is 2. The Morgan fingerprint density at radius 1 is 1.10 bits per heavy atom. The van der Waals surface area contributed by atoms with Gasteiger partial charge in [0.05, 0.1) is 32.7 Å². The average Bonchev–Trinajstić information content (AvgIpc) is 3.36. The minimum Gasteiger partial charge on any atom is -0.486 e. The van der Waals surface area contributed by atoms with Gasteiger partial charge in [0.25, 0.3) is 0 Å². The number of hydrogen-bond acceptors (Lipinski definition) is 10. The summed E-state index contributed by atoms with van der Waals surface area (Å²) in [5.74, 6) is 1.09. The summed E-state index contributed by atoms with van der Waals surface area (Å²) in [4.78, 5) is 17.8. The van der Waals surface area contributed by atoms with Gasteiger partial charge >= 0.3 is 0 Å². The molecule has 0 saturated heterocycles. The first kappa shape index (κ1) is 26.9. The number of pyridine rings is 1. The molecule has 3 N–H and O–H groups in total. The van der Waals surface area contributed by atoms with Gasteiger partial charge in [0, 0.05) is 46.9 Å². The second kappa shape index (κ2) is 11.6. The first-order valence-corrected chi connectivity index (χ1v) is 15.3. The molecular formula is C27H25ClN6O3S2. The van der Waals surface area contributed by atoms with Crippen molar-refractivity contribution in [3.05, 3.63) is 88.2 Å². The number of nitrogens with zero attached hydrogens (tertiary/aromatic N) is 4. The average molecular weight is 581 g/mol. The molecule has 200 valence electrons. The molecule has 0 fully saturated rings. The van der Waals surface area contributed by atoms with Crippen molar-refractivity contribution in [3.63, 3.8) is 0 Å². The van der Waals surface area contributed by atoms with E-state index in [1.165, 1.54) is 23.9 Å². The fourth-order valence-corrected chi connectivity index (χ4v) is 6.02. The highest BCUT2D eigenvalue weighted by Crippen LogP contribution is 2.32. The third kappa shape index (κ3) is 7.07. The van der Waals surface area contributed by atoms with Crippen molar-refractivity contribution in [1.29, 1.82) is 0 Å². The lowest BCUT2D eigenvalue weighted by Crippen LogP contribution is -2.31. The number of halogens is 1. The summed E-state index contributed by atoms with van der Waals surface area (Å²) in [5.41, 5.74) is 9.99. The van der Waals surface area contributed by atoms with E-state index in [0.717, 1.165) is 38.5 Å². The summed E-state index contributed by atoms with van der Waals surface area (Å²) in [6.07, 6.45) is 4.79. The monoisotopic (exact) mass is 580 g/mol. The second-order valence-corrected chi connectivity index (χ2v) is 12.6. The molecule has 0 spiro atoms. The van der Waals surface area contributed by atoms with Crippen LogP contribution in [-0.4, -0.2) is 46.4 Å². The predicted octanol–water partition coefficient (Wildman–Crippen LogP) is 5.04. The number of hydrogen-bond donors (Lipinski definition) is 2. The fourth-order valence-electron chi connectivity index (χ4n) is 3.99. The lowest BCUT2D eigenvalue weighted by atomic mass is 10.1. The van der Waals surface area contributed by atoms with Crippen LogP contribution in [0.25, 0.3) is 22.2 Å². The first-order valence-electron chi connectivity index (χ1n) is 12.0. The van der Waals surface area contributed by atoms with E-state index in [1.54, 1.807) is 18.3 Å². The van der Waals surface area contributed by atoms with Crippen LogP contribution in [0.3, 0.4) is 0 Å². The normalized spacial score (nSPS) is 12.4. The highest BCUT2D eigenvalue weighted by atomic mass is 35.5. The molecule has 12 heteroatoms. The molecule has 0 aliphatic carbocycles. The summed E-state index contributed by atoms with van der Waals surface area (Å²) >= 11 is 7.94. The Morgan fingerprint density at radius 2 is 1.97 bits per heavy atom. The van der Waals surface area contributed by atoms with Gasteiger partial charge in [-0.15, -0.1) is 11.3 Å². The molecule has 0 amide bonds. The topological polar surface area (TPSA) is 133 Å². The van der Waals surface area contributed by atoms with Crippen molar-refractivity contribution in [1.82, 2.24) is 19.9 Å². The maximum Gasteiger partial charge on any atom is 0.148 e. The molecular weight excluding hydrogens is 556 g/mol. The van der Waals surface area contributed by atoms with Crippen molar-refractivity contribution >= 4 is 55.2 Å². The summed E-state index contributed by atoms with van der Waals surface area (Å²) in [6.45, 7) is 0.314. The minimum atomic E-state index is -3.15. The van der Waals surface area contributed by atoms with E-state index in [1.807, 2.05) is 47.8 Å². The Hall–Kier alpha value is -3.64. The quantitative estimate of drug-likeness (QED) is 0.233. The van der Waals surface area contributed by atoms with Gasteiger partial charge in [-0.3, -0.25) is 4.98 Å². The molecule has 3 heterocycles. The Bertz CT molecular complexity index is 1710. The van der Waals surface area contributed by atoms with Crippen LogP contribution in [0.15, 0.2) is 72.5 Å². The van der Waals surface area contributed by atoms with Crippen LogP contribution in [0.4, 0.5) is 11.5 Å². The predicted molar refractivity (Wildman–Crippen MR) is 155 cm³/mol. The van der Waals surface area contributed by atoms with Crippen molar-refractivity contribution in [2.24, 2.45) is 5.73 Å². The molecule has 0 aliphatic heterocycles. The van der Waals surface area contributed by atoms with Gasteiger partial charge in [0.1, 0.15) is 34.3 Å². The van der Waals surface area contributed by atoms with Gasteiger partial charge in [-0.2, -0.15) is 0 Å². The number of anilines is 2. The molecule has 0 radical (unpaired) electrons. The molecule has 0 aliphatic rings. The van der Waals surface area contributed by atoms with Crippen LogP contribution < -0.4 is 15.8 Å². The maximum absolute atomic E-state index is 11.5. The van der Waals surface area contributed by atoms with Crippen LogP contribution in [0, 0.1) is 0 Å². The molecule has 1 unspecified atom stereocenters. The highest BCUT2D eigenvalue weighted by Gasteiger charge is 2.15. The molecule has 0 saturated carbocycles. The Morgan fingerprint density at radius 3 is 2.74 bits per heavy atom. The highest BCUT2D eigenvalue weighted by molar-refractivity contribution is 7.90. The van der Waals surface area contributed by atoms with Gasteiger partial charge in [-0.25, -0.2) is 23.4 Å². The number of thiazole rings is 1. The van der Waals surface area contributed by atoms with Crippen LogP contribution >= 0.6 is 22.9 Å².